The molecule has 0 aromatic heterocycles. The number of fused-ring (bicyclic) bond motifs is 1. The number of ketones is 1. The number of halogens is 2. The predicted octanol–water partition coefficient (Wildman–Crippen LogP) is 5.03. The van der Waals surface area contributed by atoms with Gasteiger partial charge < -0.3 is 9.47 Å². The molecule has 1 atom stereocenters. The number of hydrogen-bond acceptors (Lipinski definition) is 6. The highest BCUT2D eigenvalue weighted by Gasteiger charge is 2.40. The summed E-state index contributed by atoms with van der Waals surface area (Å²) in [5, 5.41) is 6.39. The molecule has 0 aliphatic carbocycles. The molecule has 0 fully saturated rings. The van der Waals surface area contributed by atoms with Gasteiger partial charge >= 0.3 is 0 Å². The smallest absolute Gasteiger partial charge is 0.299 e. The van der Waals surface area contributed by atoms with E-state index in [4.69, 9.17) is 21.1 Å². The number of methoxy groups -OCH3 is 2. The molecule has 5 rings (SSSR count). The number of ether oxygens (including phenoxy) is 2. The van der Waals surface area contributed by atoms with Crippen molar-refractivity contribution in [3.05, 3.63) is 86.8 Å². The molecule has 2 heterocycles. The minimum Gasteiger partial charge on any atom is -0.493 e. The molecule has 0 N–H and O–H groups in total. The van der Waals surface area contributed by atoms with E-state index in [2.05, 4.69) is 21.0 Å². The molecule has 1 unspecified atom stereocenters. The molecule has 37 heavy (non-hydrogen) atoms. The highest BCUT2D eigenvalue weighted by molar-refractivity contribution is 9.10. The van der Waals surface area contributed by atoms with E-state index in [1.807, 2.05) is 36.4 Å². The monoisotopic (exact) mass is 581 g/mol. The van der Waals surface area contributed by atoms with E-state index in [-0.39, 0.29) is 12.1 Å². The van der Waals surface area contributed by atoms with Crippen LogP contribution in [0.2, 0.25) is 5.02 Å². The Morgan fingerprint density at radius 1 is 1.05 bits per heavy atom. The van der Waals surface area contributed by atoms with Crippen LogP contribution in [0.4, 0.5) is 5.69 Å². The second-order valence-corrected chi connectivity index (χ2v) is 9.86. The van der Waals surface area contributed by atoms with Gasteiger partial charge in [-0.25, -0.2) is 5.01 Å². The van der Waals surface area contributed by atoms with Gasteiger partial charge in [-0.15, -0.1) is 0 Å². The van der Waals surface area contributed by atoms with Crippen LogP contribution in [-0.2, 0) is 9.59 Å². The second-order valence-electron chi connectivity index (χ2n) is 8.51. The number of hydrazone groups is 1. The topological polar surface area (TPSA) is 88.5 Å². The molecular formula is C27H21BrClN3O5. The van der Waals surface area contributed by atoms with Gasteiger partial charge in [0.05, 0.1) is 37.2 Å². The second kappa shape index (κ2) is 9.99. The van der Waals surface area contributed by atoms with Crippen molar-refractivity contribution in [1.82, 2.24) is 5.01 Å². The summed E-state index contributed by atoms with van der Waals surface area (Å²) in [6.07, 6.45) is 0.441. The summed E-state index contributed by atoms with van der Waals surface area (Å²) in [6.45, 7) is -0.349. The van der Waals surface area contributed by atoms with Gasteiger partial charge in [-0.2, -0.15) is 5.10 Å². The third-order valence-electron chi connectivity index (χ3n) is 6.34. The highest BCUT2D eigenvalue weighted by Crippen LogP contribution is 2.38. The van der Waals surface area contributed by atoms with E-state index in [1.54, 1.807) is 32.4 Å². The van der Waals surface area contributed by atoms with Crippen LogP contribution in [0.5, 0.6) is 11.5 Å². The molecule has 0 saturated carbocycles. The molecule has 0 spiro atoms. The van der Waals surface area contributed by atoms with Gasteiger partial charge in [0.25, 0.3) is 17.6 Å². The van der Waals surface area contributed by atoms with Gasteiger partial charge in [-0.3, -0.25) is 19.3 Å². The molecule has 3 aromatic rings. The molecule has 2 amide bonds. The molecule has 10 heteroatoms. The van der Waals surface area contributed by atoms with E-state index in [9.17, 15) is 14.4 Å². The highest BCUT2D eigenvalue weighted by atomic mass is 79.9. The van der Waals surface area contributed by atoms with Crippen molar-refractivity contribution in [1.29, 1.82) is 0 Å². The number of anilines is 1. The zero-order valence-electron chi connectivity index (χ0n) is 19.9. The summed E-state index contributed by atoms with van der Waals surface area (Å²) in [7, 11) is 3.10. The number of Topliss-reactive ketones (excluding diaryl/α,β-unsaturated/α-hetero) is 1. The summed E-state index contributed by atoms with van der Waals surface area (Å²) in [5.41, 5.74) is 2.90. The fourth-order valence-electron chi connectivity index (χ4n) is 4.54. The third kappa shape index (κ3) is 4.60. The van der Waals surface area contributed by atoms with Crippen LogP contribution in [0.3, 0.4) is 0 Å². The average molecular weight is 583 g/mol. The van der Waals surface area contributed by atoms with Gasteiger partial charge in [0.2, 0.25) is 0 Å². The first-order valence-electron chi connectivity index (χ1n) is 11.3. The Bertz CT molecular complexity index is 1470. The van der Waals surface area contributed by atoms with Gasteiger partial charge in [-0.05, 0) is 53.6 Å². The predicted molar refractivity (Wildman–Crippen MR) is 143 cm³/mol. The number of benzene rings is 3. The Balaban J connectivity index is 1.51. The third-order valence-corrected chi connectivity index (χ3v) is 7.07. The summed E-state index contributed by atoms with van der Waals surface area (Å²) in [6, 6.07) is 17.2. The Hall–Kier alpha value is -3.69. The maximum atomic E-state index is 13.7. The molecular weight excluding hydrogens is 562 g/mol. The van der Waals surface area contributed by atoms with Gasteiger partial charge in [0.1, 0.15) is 6.54 Å². The normalized spacial score (nSPS) is 16.6. The summed E-state index contributed by atoms with van der Waals surface area (Å²) < 4.78 is 11.7. The molecule has 0 bridgehead atoms. The maximum Gasteiger partial charge on any atom is 0.299 e. The lowest BCUT2D eigenvalue weighted by Crippen LogP contribution is -2.40. The average Bonchev–Trinajstić information content (AvgIpc) is 3.44. The minimum absolute atomic E-state index is 0.182. The SMILES string of the molecule is COc1ccc(C2CC(c3cccc(Br)c3)=NN2C(=O)CN2C(=O)C(=O)c3cc(Cl)ccc32)cc1OC. The summed E-state index contributed by atoms with van der Waals surface area (Å²) >= 11 is 9.50. The lowest BCUT2D eigenvalue weighted by molar-refractivity contribution is -0.132. The fourth-order valence-corrected chi connectivity index (χ4v) is 5.11. The van der Waals surface area contributed by atoms with Crippen LogP contribution in [0.15, 0.2) is 70.2 Å². The van der Waals surface area contributed by atoms with Gasteiger partial charge in [0, 0.05) is 15.9 Å². The van der Waals surface area contributed by atoms with Gasteiger partial charge in [-0.1, -0.05) is 45.7 Å². The Kier molecular flexibility index (Phi) is 6.74. The van der Waals surface area contributed by atoms with Crippen molar-refractivity contribution in [2.45, 2.75) is 12.5 Å². The summed E-state index contributed by atoms with van der Waals surface area (Å²) in [5.74, 6) is -0.819. The molecule has 2 aliphatic rings. The fraction of sp³-hybridized carbons (Fsp3) is 0.185. The van der Waals surface area contributed by atoms with E-state index in [0.717, 1.165) is 15.6 Å². The van der Waals surface area contributed by atoms with Crippen LogP contribution in [0.1, 0.15) is 33.9 Å². The van der Waals surface area contributed by atoms with Crippen LogP contribution in [0, 0.1) is 0 Å². The number of carbonyl (C=O) groups is 3. The van der Waals surface area contributed by atoms with E-state index >= 15 is 0 Å². The van der Waals surface area contributed by atoms with Crippen LogP contribution in [0.25, 0.3) is 0 Å². The molecule has 0 radical (unpaired) electrons. The van der Waals surface area contributed by atoms with E-state index in [1.165, 1.54) is 16.0 Å². The number of amides is 2. The molecule has 3 aromatic carbocycles. The molecule has 188 valence electrons. The lowest BCUT2D eigenvalue weighted by atomic mass is 9.98. The lowest BCUT2D eigenvalue weighted by Gasteiger charge is -2.25. The van der Waals surface area contributed by atoms with Crippen molar-refractivity contribution in [2.24, 2.45) is 5.10 Å². The number of rotatable bonds is 6. The Labute approximate surface area is 226 Å². The zero-order chi connectivity index (χ0) is 26.3. The maximum absolute atomic E-state index is 13.7. The first-order valence-corrected chi connectivity index (χ1v) is 12.5. The molecule has 0 saturated heterocycles. The van der Waals surface area contributed by atoms with Crippen molar-refractivity contribution >= 4 is 56.5 Å². The van der Waals surface area contributed by atoms with Gasteiger partial charge in [0.15, 0.2) is 11.5 Å². The quantitative estimate of drug-likeness (QED) is 0.381. The van der Waals surface area contributed by atoms with E-state index in [0.29, 0.717) is 34.3 Å². The summed E-state index contributed by atoms with van der Waals surface area (Å²) in [4.78, 5) is 40.1. The number of nitrogens with zero attached hydrogens (tertiary/aromatic N) is 3. The van der Waals surface area contributed by atoms with Crippen LogP contribution in [-0.4, -0.2) is 49.1 Å². The first-order chi connectivity index (χ1) is 17.8. The van der Waals surface area contributed by atoms with Crippen LogP contribution < -0.4 is 14.4 Å². The number of hydrogen-bond donors (Lipinski definition) is 0. The zero-order valence-corrected chi connectivity index (χ0v) is 22.2. The van der Waals surface area contributed by atoms with Crippen molar-refractivity contribution in [3.63, 3.8) is 0 Å². The van der Waals surface area contributed by atoms with Crippen LogP contribution >= 0.6 is 27.5 Å². The Morgan fingerprint density at radius 2 is 1.84 bits per heavy atom. The van der Waals surface area contributed by atoms with E-state index < -0.39 is 23.6 Å². The van der Waals surface area contributed by atoms with Crippen molar-refractivity contribution in [3.8, 4) is 11.5 Å². The number of carbonyl (C=O) groups excluding carboxylic acids is 3. The largest absolute Gasteiger partial charge is 0.493 e. The first kappa shape index (κ1) is 25.0. The molecule has 2 aliphatic heterocycles. The standard InChI is InChI=1S/C27H21BrClN3O5/c1-36-23-9-6-16(11-24(23)37-2)22-13-20(15-4-3-5-17(28)10-15)30-32(22)25(33)14-31-21-8-7-18(29)12-19(21)26(34)27(31)35/h3-12,22H,13-14H2,1-2H3. The van der Waals surface area contributed by atoms with Crippen molar-refractivity contribution in [2.75, 3.05) is 25.7 Å². The van der Waals surface area contributed by atoms with Crippen molar-refractivity contribution < 1.29 is 23.9 Å². The minimum atomic E-state index is -0.774. The Morgan fingerprint density at radius 3 is 2.57 bits per heavy atom. The molecule has 8 nitrogen and oxygen atoms in total.